The van der Waals surface area contributed by atoms with Crippen molar-refractivity contribution in [2.75, 3.05) is 19.6 Å². The molecule has 1 aliphatic rings. The first-order chi connectivity index (χ1) is 14.2. The van der Waals surface area contributed by atoms with Gasteiger partial charge in [-0.05, 0) is 44.9 Å². The number of para-hydroxylation sites is 1. The van der Waals surface area contributed by atoms with Crippen molar-refractivity contribution in [2.45, 2.75) is 38.6 Å². The Kier molecular flexibility index (Phi) is 6.20. The summed E-state index contributed by atoms with van der Waals surface area (Å²) in [5.74, 6) is -0.0209. The summed E-state index contributed by atoms with van der Waals surface area (Å²) in [5, 5.41) is 4.03. The second-order valence-corrected chi connectivity index (χ2v) is 7.93. The third-order valence-electron chi connectivity index (χ3n) is 5.88. The number of carbonyl (C=O) groups excluding carboxylic acids is 1. The normalized spacial score (nSPS) is 17.3. The van der Waals surface area contributed by atoms with E-state index >= 15 is 0 Å². The Morgan fingerprint density at radius 2 is 1.90 bits per heavy atom. The molecule has 0 aliphatic carbocycles. The molecule has 1 amide bonds. The van der Waals surface area contributed by atoms with Gasteiger partial charge in [0, 0.05) is 30.1 Å². The third-order valence-corrected chi connectivity index (χ3v) is 5.88. The number of aromatic nitrogens is 1. The fraction of sp³-hybridized carbons (Fsp3) is 0.360. The van der Waals surface area contributed by atoms with Crippen LogP contribution >= 0.6 is 0 Å². The van der Waals surface area contributed by atoms with Crippen LogP contribution in [-0.4, -0.2) is 41.5 Å². The first kappa shape index (κ1) is 19.6. The summed E-state index contributed by atoms with van der Waals surface area (Å²) in [4.78, 5) is 20.3. The van der Waals surface area contributed by atoms with Gasteiger partial charge in [-0.2, -0.15) is 0 Å². The van der Waals surface area contributed by atoms with Crippen LogP contribution in [0.5, 0.6) is 0 Å². The van der Waals surface area contributed by atoms with Crippen LogP contribution in [0.4, 0.5) is 0 Å². The molecule has 0 radical (unpaired) electrons. The van der Waals surface area contributed by atoms with Gasteiger partial charge in [-0.1, -0.05) is 55.0 Å². The van der Waals surface area contributed by atoms with Gasteiger partial charge in [-0.3, -0.25) is 4.79 Å². The molecule has 29 heavy (non-hydrogen) atoms. The van der Waals surface area contributed by atoms with E-state index in [4.69, 9.17) is 4.98 Å². The molecule has 1 aromatic heterocycles. The van der Waals surface area contributed by atoms with E-state index < -0.39 is 0 Å². The van der Waals surface area contributed by atoms with Crippen LogP contribution in [0.3, 0.4) is 0 Å². The Hall–Kier alpha value is -2.72. The minimum Gasteiger partial charge on any atom is -0.352 e. The van der Waals surface area contributed by atoms with Gasteiger partial charge in [0.2, 0.25) is 0 Å². The molecule has 1 N–H and O–H groups in total. The lowest BCUT2D eigenvalue weighted by Gasteiger charge is -2.33. The number of hydrogen-bond donors (Lipinski definition) is 1. The molecule has 150 valence electrons. The predicted octanol–water partition coefficient (Wildman–Crippen LogP) is 4.90. The third kappa shape index (κ3) is 4.65. The molecule has 1 aliphatic heterocycles. The maximum absolute atomic E-state index is 13.0. The van der Waals surface area contributed by atoms with E-state index in [9.17, 15) is 4.79 Å². The van der Waals surface area contributed by atoms with E-state index in [1.54, 1.807) is 0 Å². The maximum Gasteiger partial charge on any atom is 0.252 e. The molecule has 4 nitrogen and oxygen atoms in total. The van der Waals surface area contributed by atoms with E-state index in [1.807, 2.05) is 60.7 Å². The van der Waals surface area contributed by atoms with Crippen molar-refractivity contribution < 1.29 is 4.79 Å². The highest BCUT2D eigenvalue weighted by molar-refractivity contribution is 6.07. The number of hydrogen-bond acceptors (Lipinski definition) is 3. The SMILES string of the molecule is CC1CCCCN1CCCNC(=O)c1cc(-c2ccccc2)nc2ccccc12. The topological polar surface area (TPSA) is 45.2 Å². The number of nitrogens with zero attached hydrogens (tertiary/aromatic N) is 2. The van der Waals surface area contributed by atoms with Crippen LogP contribution in [0, 0.1) is 0 Å². The molecule has 0 saturated carbocycles. The summed E-state index contributed by atoms with van der Waals surface area (Å²) in [5.41, 5.74) is 3.39. The molecule has 2 aromatic carbocycles. The summed E-state index contributed by atoms with van der Waals surface area (Å²) in [6.45, 7) is 5.24. The number of pyridine rings is 1. The molecule has 1 fully saturated rings. The molecule has 1 atom stereocenters. The minimum absolute atomic E-state index is 0.0209. The van der Waals surface area contributed by atoms with Crippen LogP contribution in [-0.2, 0) is 0 Å². The van der Waals surface area contributed by atoms with Gasteiger partial charge in [-0.15, -0.1) is 0 Å². The molecule has 4 rings (SSSR count). The molecule has 0 bridgehead atoms. The van der Waals surface area contributed by atoms with Crippen LogP contribution in [0.25, 0.3) is 22.2 Å². The van der Waals surface area contributed by atoms with Crippen LogP contribution < -0.4 is 5.32 Å². The summed E-state index contributed by atoms with van der Waals surface area (Å²) in [7, 11) is 0. The van der Waals surface area contributed by atoms with Crippen LogP contribution in [0.15, 0.2) is 60.7 Å². The molecule has 3 aromatic rings. The Morgan fingerprint density at radius 3 is 2.72 bits per heavy atom. The maximum atomic E-state index is 13.0. The zero-order valence-corrected chi connectivity index (χ0v) is 17.1. The lowest BCUT2D eigenvalue weighted by molar-refractivity contribution is 0.0950. The van der Waals surface area contributed by atoms with Crippen molar-refractivity contribution in [3.63, 3.8) is 0 Å². The molecule has 4 heteroatoms. The molecule has 2 heterocycles. The number of amides is 1. The van der Waals surface area contributed by atoms with Crippen molar-refractivity contribution in [1.82, 2.24) is 15.2 Å². The lowest BCUT2D eigenvalue weighted by Crippen LogP contribution is -2.39. The molecule has 0 spiro atoms. The fourth-order valence-electron chi connectivity index (χ4n) is 4.19. The monoisotopic (exact) mass is 387 g/mol. The predicted molar refractivity (Wildman–Crippen MR) is 119 cm³/mol. The van der Waals surface area contributed by atoms with Crippen LogP contribution in [0.1, 0.15) is 43.0 Å². The summed E-state index contributed by atoms with van der Waals surface area (Å²) < 4.78 is 0. The molecular formula is C25H29N3O. The van der Waals surface area contributed by atoms with Crippen molar-refractivity contribution in [1.29, 1.82) is 0 Å². The highest BCUT2D eigenvalue weighted by Crippen LogP contribution is 2.24. The summed E-state index contributed by atoms with van der Waals surface area (Å²) in [6, 6.07) is 20.5. The van der Waals surface area contributed by atoms with E-state index in [0.29, 0.717) is 18.2 Å². The van der Waals surface area contributed by atoms with E-state index in [0.717, 1.165) is 35.1 Å². The number of likely N-dealkylation sites (tertiary alicyclic amines) is 1. The number of benzene rings is 2. The van der Waals surface area contributed by atoms with Crippen molar-refractivity contribution in [3.8, 4) is 11.3 Å². The van der Waals surface area contributed by atoms with E-state index in [-0.39, 0.29) is 5.91 Å². The van der Waals surface area contributed by atoms with Crippen molar-refractivity contribution >= 4 is 16.8 Å². The Morgan fingerprint density at radius 1 is 1.10 bits per heavy atom. The van der Waals surface area contributed by atoms with Crippen molar-refractivity contribution in [3.05, 3.63) is 66.2 Å². The van der Waals surface area contributed by atoms with E-state index in [2.05, 4.69) is 17.1 Å². The second kappa shape index (κ2) is 9.19. The number of carbonyl (C=O) groups is 1. The van der Waals surface area contributed by atoms with Gasteiger partial charge < -0.3 is 10.2 Å². The fourth-order valence-corrected chi connectivity index (χ4v) is 4.19. The highest BCUT2D eigenvalue weighted by Gasteiger charge is 2.18. The van der Waals surface area contributed by atoms with Gasteiger partial charge in [0.1, 0.15) is 0 Å². The van der Waals surface area contributed by atoms with Crippen molar-refractivity contribution in [2.24, 2.45) is 0 Å². The number of piperidine rings is 1. The van der Waals surface area contributed by atoms with Gasteiger partial charge >= 0.3 is 0 Å². The largest absolute Gasteiger partial charge is 0.352 e. The molecule has 1 saturated heterocycles. The standard InChI is InChI=1S/C25H29N3O/c1-19-10-7-8-16-28(19)17-9-15-26-25(29)22-18-24(20-11-3-2-4-12-20)27-23-14-6-5-13-21(22)23/h2-6,11-14,18-19H,7-10,15-17H2,1H3,(H,26,29). The van der Waals surface area contributed by atoms with Crippen LogP contribution in [0.2, 0.25) is 0 Å². The summed E-state index contributed by atoms with van der Waals surface area (Å²) in [6.07, 6.45) is 4.90. The minimum atomic E-state index is -0.0209. The first-order valence-electron chi connectivity index (χ1n) is 10.7. The zero-order valence-electron chi connectivity index (χ0n) is 17.1. The van der Waals surface area contributed by atoms with Gasteiger partial charge in [0.25, 0.3) is 5.91 Å². The average molecular weight is 388 g/mol. The number of rotatable bonds is 6. The first-order valence-corrected chi connectivity index (χ1v) is 10.7. The average Bonchev–Trinajstić information content (AvgIpc) is 2.77. The Bertz CT molecular complexity index is 970. The van der Waals surface area contributed by atoms with E-state index in [1.165, 1.54) is 25.8 Å². The Labute approximate surface area is 173 Å². The lowest BCUT2D eigenvalue weighted by atomic mass is 10.0. The molecule has 1 unspecified atom stereocenters. The molecular weight excluding hydrogens is 358 g/mol. The highest BCUT2D eigenvalue weighted by atomic mass is 16.1. The number of fused-ring (bicyclic) bond motifs is 1. The van der Waals surface area contributed by atoms with Gasteiger partial charge in [-0.25, -0.2) is 4.98 Å². The summed E-state index contributed by atoms with van der Waals surface area (Å²) >= 11 is 0. The van der Waals surface area contributed by atoms with Gasteiger partial charge in [0.05, 0.1) is 16.8 Å². The quantitative estimate of drug-likeness (QED) is 0.612. The van der Waals surface area contributed by atoms with Gasteiger partial charge in [0.15, 0.2) is 0 Å². The Balaban J connectivity index is 1.48. The zero-order chi connectivity index (χ0) is 20.1. The smallest absolute Gasteiger partial charge is 0.252 e. The second-order valence-electron chi connectivity index (χ2n) is 7.93. The number of nitrogens with one attached hydrogen (secondary N) is 1.